The molecule has 0 aliphatic rings. The number of rotatable bonds is 9. The van der Waals surface area contributed by atoms with Crippen molar-refractivity contribution in [2.75, 3.05) is 12.4 Å². The van der Waals surface area contributed by atoms with Gasteiger partial charge in [0, 0.05) is 10.8 Å². The zero-order valence-electron chi connectivity index (χ0n) is 17.2. The van der Waals surface area contributed by atoms with Crippen LogP contribution in [0.25, 0.3) is 0 Å². The summed E-state index contributed by atoms with van der Waals surface area (Å²) in [5.41, 5.74) is 3.73. The monoisotopic (exact) mass is 448 g/mol. The molecule has 2 rings (SSSR count). The van der Waals surface area contributed by atoms with Crippen molar-refractivity contribution in [3.63, 3.8) is 0 Å². The second-order valence-corrected chi connectivity index (χ2v) is 8.71. The number of thioether (sulfide) groups is 1. The number of hydrazone groups is 1. The molecule has 8 heteroatoms. The van der Waals surface area contributed by atoms with Gasteiger partial charge in [-0.25, -0.2) is 10.2 Å². The fraction of sp³-hybridized carbons (Fsp3) is 0.318. The highest BCUT2D eigenvalue weighted by molar-refractivity contribution is 7.99. The summed E-state index contributed by atoms with van der Waals surface area (Å²) in [5.74, 6) is 0.851. The third-order valence-corrected chi connectivity index (χ3v) is 4.86. The second-order valence-electron chi connectivity index (χ2n) is 7.32. The second kappa shape index (κ2) is 11.6. The first kappa shape index (κ1) is 23.8. The molecule has 0 aliphatic heterocycles. The molecule has 1 N–H and O–H groups in total. The van der Waals surface area contributed by atoms with Gasteiger partial charge in [-0.2, -0.15) is 5.10 Å². The first-order valence-corrected chi connectivity index (χ1v) is 10.8. The van der Waals surface area contributed by atoms with Crippen LogP contribution in [0.4, 0.5) is 0 Å². The predicted molar refractivity (Wildman–Crippen MR) is 121 cm³/mol. The molecule has 0 atom stereocenters. The number of hydrogen-bond acceptors (Lipinski definition) is 6. The van der Waals surface area contributed by atoms with E-state index >= 15 is 0 Å². The van der Waals surface area contributed by atoms with E-state index in [1.807, 2.05) is 24.3 Å². The summed E-state index contributed by atoms with van der Waals surface area (Å²) in [6.07, 6.45) is 1.54. The van der Waals surface area contributed by atoms with Gasteiger partial charge in [0.2, 0.25) is 5.91 Å². The summed E-state index contributed by atoms with van der Waals surface area (Å²) < 4.78 is 10.6. The first-order valence-electron chi connectivity index (χ1n) is 9.31. The van der Waals surface area contributed by atoms with Crippen LogP contribution in [0, 0.1) is 0 Å². The number of hydrogen-bond donors (Lipinski definition) is 1. The lowest BCUT2D eigenvalue weighted by molar-refractivity contribution is -0.157. The van der Waals surface area contributed by atoms with Crippen molar-refractivity contribution < 1.29 is 19.1 Å². The number of halogens is 1. The molecule has 0 heterocycles. The van der Waals surface area contributed by atoms with Gasteiger partial charge in [-0.3, -0.25) is 4.79 Å². The van der Waals surface area contributed by atoms with Gasteiger partial charge in [0.15, 0.2) is 6.61 Å². The number of carbonyl (C=O) groups is 2. The zero-order chi connectivity index (χ0) is 22.0. The van der Waals surface area contributed by atoms with Crippen molar-refractivity contribution in [3.8, 4) is 5.75 Å². The van der Waals surface area contributed by atoms with Crippen molar-refractivity contribution in [1.29, 1.82) is 0 Å². The number of benzene rings is 2. The van der Waals surface area contributed by atoms with Crippen LogP contribution in [0.5, 0.6) is 5.75 Å². The zero-order valence-corrected chi connectivity index (χ0v) is 18.8. The summed E-state index contributed by atoms with van der Waals surface area (Å²) in [6, 6.07) is 14.5. The van der Waals surface area contributed by atoms with E-state index in [-0.39, 0.29) is 18.3 Å². The van der Waals surface area contributed by atoms with Gasteiger partial charge in [0.1, 0.15) is 11.4 Å². The Morgan fingerprint density at radius 3 is 2.50 bits per heavy atom. The van der Waals surface area contributed by atoms with Gasteiger partial charge in [-0.1, -0.05) is 29.8 Å². The van der Waals surface area contributed by atoms with Crippen LogP contribution >= 0.6 is 23.4 Å². The molecule has 0 saturated carbocycles. The van der Waals surface area contributed by atoms with Crippen LogP contribution in [-0.4, -0.2) is 36.1 Å². The average Bonchev–Trinajstić information content (AvgIpc) is 2.67. The molecule has 0 bridgehead atoms. The number of esters is 1. The van der Waals surface area contributed by atoms with E-state index in [1.165, 1.54) is 18.0 Å². The van der Waals surface area contributed by atoms with Crippen molar-refractivity contribution in [1.82, 2.24) is 5.43 Å². The Morgan fingerprint density at radius 2 is 1.83 bits per heavy atom. The molecule has 160 valence electrons. The van der Waals surface area contributed by atoms with Crippen LogP contribution in [0.3, 0.4) is 0 Å². The minimum Gasteiger partial charge on any atom is -0.482 e. The summed E-state index contributed by atoms with van der Waals surface area (Å²) >= 11 is 7.56. The molecule has 0 aliphatic carbocycles. The molecule has 2 aromatic rings. The smallest absolute Gasteiger partial charge is 0.344 e. The molecule has 0 saturated heterocycles. The highest BCUT2D eigenvalue weighted by atomic mass is 35.5. The van der Waals surface area contributed by atoms with E-state index in [1.54, 1.807) is 45.0 Å². The fourth-order valence-corrected chi connectivity index (χ4v) is 3.35. The maximum atomic E-state index is 11.9. The minimum atomic E-state index is -0.543. The van der Waals surface area contributed by atoms with Crippen molar-refractivity contribution >= 4 is 41.5 Å². The number of carbonyl (C=O) groups excluding carboxylic acids is 2. The highest BCUT2D eigenvalue weighted by Gasteiger charge is 2.16. The standard InChI is InChI=1S/C22H25ClN2O4S/c1-22(2,3)29-21(27)13-28-18-10-8-16(9-11-18)12-24-25-20(26)15-30-14-17-6-4-5-7-19(17)23/h4-12H,13-15H2,1-3H3,(H,25,26). The van der Waals surface area contributed by atoms with Crippen LogP contribution in [0.1, 0.15) is 31.9 Å². The van der Waals surface area contributed by atoms with E-state index < -0.39 is 11.6 Å². The highest BCUT2D eigenvalue weighted by Crippen LogP contribution is 2.20. The van der Waals surface area contributed by atoms with Crippen LogP contribution in [0.2, 0.25) is 5.02 Å². The Bertz CT molecular complexity index is 879. The van der Waals surface area contributed by atoms with E-state index in [0.29, 0.717) is 16.5 Å². The lowest BCUT2D eigenvalue weighted by Gasteiger charge is -2.19. The van der Waals surface area contributed by atoms with Gasteiger partial charge in [-0.05, 0) is 62.2 Å². The summed E-state index contributed by atoms with van der Waals surface area (Å²) in [4.78, 5) is 23.5. The van der Waals surface area contributed by atoms with Crippen molar-refractivity contribution in [2.45, 2.75) is 32.1 Å². The first-order chi connectivity index (χ1) is 14.2. The van der Waals surface area contributed by atoms with Gasteiger partial charge in [0.25, 0.3) is 0 Å². The summed E-state index contributed by atoms with van der Waals surface area (Å²) in [7, 11) is 0. The van der Waals surface area contributed by atoms with E-state index in [4.69, 9.17) is 21.1 Å². The number of nitrogens with zero attached hydrogens (tertiary/aromatic N) is 1. The third kappa shape index (κ3) is 9.33. The quantitative estimate of drug-likeness (QED) is 0.348. The maximum Gasteiger partial charge on any atom is 0.344 e. The molecule has 1 amide bonds. The maximum absolute atomic E-state index is 11.9. The topological polar surface area (TPSA) is 77.0 Å². The van der Waals surface area contributed by atoms with Gasteiger partial charge < -0.3 is 9.47 Å². The van der Waals surface area contributed by atoms with Crippen LogP contribution in [-0.2, 0) is 20.1 Å². The number of nitrogens with one attached hydrogen (secondary N) is 1. The van der Waals surface area contributed by atoms with E-state index in [0.717, 1.165) is 11.1 Å². The van der Waals surface area contributed by atoms with Gasteiger partial charge in [-0.15, -0.1) is 11.8 Å². The van der Waals surface area contributed by atoms with E-state index in [2.05, 4.69) is 10.5 Å². The summed E-state index contributed by atoms with van der Waals surface area (Å²) in [6.45, 7) is 5.24. The molecule has 2 aromatic carbocycles. The SMILES string of the molecule is CC(C)(C)OC(=O)COc1ccc(C=NNC(=O)CSCc2ccccc2Cl)cc1. The lowest BCUT2D eigenvalue weighted by Crippen LogP contribution is -2.27. The van der Waals surface area contributed by atoms with E-state index in [9.17, 15) is 9.59 Å². The molecule has 30 heavy (non-hydrogen) atoms. The molecule has 0 radical (unpaired) electrons. The van der Waals surface area contributed by atoms with Crippen molar-refractivity contribution in [2.24, 2.45) is 5.10 Å². The average molecular weight is 449 g/mol. The van der Waals surface area contributed by atoms with Gasteiger partial charge >= 0.3 is 5.97 Å². The molecule has 0 aromatic heterocycles. The van der Waals surface area contributed by atoms with Gasteiger partial charge in [0.05, 0.1) is 12.0 Å². The minimum absolute atomic E-state index is 0.160. The van der Waals surface area contributed by atoms with Crippen LogP contribution in [0.15, 0.2) is 53.6 Å². The molecular formula is C22H25ClN2O4S. The molecule has 6 nitrogen and oxygen atoms in total. The largest absolute Gasteiger partial charge is 0.482 e. The molecule has 0 unspecified atom stereocenters. The normalized spacial score (nSPS) is 11.3. The fourth-order valence-electron chi connectivity index (χ4n) is 2.24. The Balaban J connectivity index is 1.70. The lowest BCUT2D eigenvalue weighted by atomic mass is 10.2. The Hall–Kier alpha value is -2.51. The summed E-state index contributed by atoms with van der Waals surface area (Å²) in [5, 5.41) is 4.65. The predicted octanol–water partition coefficient (Wildman–Crippen LogP) is 4.44. The van der Waals surface area contributed by atoms with Crippen molar-refractivity contribution in [3.05, 3.63) is 64.7 Å². The molecule has 0 spiro atoms. The Kier molecular flexibility index (Phi) is 9.20. The number of amides is 1. The van der Waals surface area contributed by atoms with Crippen LogP contribution < -0.4 is 10.2 Å². The number of ether oxygens (including phenoxy) is 2. The Morgan fingerprint density at radius 1 is 1.13 bits per heavy atom. The Labute approximate surface area is 186 Å². The molecule has 0 fully saturated rings. The third-order valence-electron chi connectivity index (χ3n) is 3.51. The molecular weight excluding hydrogens is 424 g/mol.